The molecule has 8 nitrogen and oxygen atoms in total. The van der Waals surface area contributed by atoms with E-state index in [1.54, 1.807) is 0 Å². The average molecular weight is 342 g/mol. The van der Waals surface area contributed by atoms with Crippen molar-refractivity contribution in [1.82, 2.24) is 4.72 Å². The maximum atomic E-state index is 11.8. The number of sulfonamides is 1. The molecule has 0 bridgehead atoms. The van der Waals surface area contributed by atoms with Gasteiger partial charge in [-0.15, -0.1) is 0 Å². The van der Waals surface area contributed by atoms with Gasteiger partial charge in [-0.05, 0) is 44.9 Å². The summed E-state index contributed by atoms with van der Waals surface area (Å²) in [4.78, 5) is 12.6. The van der Waals surface area contributed by atoms with Crippen LogP contribution in [0.1, 0.15) is 19.8 Å². The van der Waals surface area contributed by atoms with E-state index in [0.29, 0.717) is 24.7 Å². The SMILES string of the molecule is CNS(=O)(=O)c1ccc(N2CCC(C(C)N)CC2)c([N+](=O)[O-])c1. The first-order valence-corrected chi connectivity index (χ1v) is 8.97. The first-order valence-electron chi connectivity index (χ1n) is 7.48. The Kier molecular flexibility index (Phi) is 5.23. The predicted octanol–water partition coefficient (Wildman–Crippen LogP) is 1.07. The van der Waals surface area contributed by atoms with Crippen LogP contribution in [0.2, 0.25) is 0 Å². The van der Waals surface area contributed by atoms with E-state index in [9.17, 15) is 18.5 Å². The molecule has 0 spiro atoms. The molecule has 2 rings (SSSR count). The number of piperidine rings is 1. The molecule has 128 valence electrons. The number of nitro groups is 1. The fraction of sp³-hybridized carbons (Fsp3) is 0.571. The summed E-state index contributed by atoms with van der Waals surface area (Å²) in [7, 11) is -2.44. The van der Waals surface area contributed by atoms with E-state index in [4.69, 9.17) is 5.73 Å². The third kappa shape index (κ3) is 3.80. The Labute approximate surface area is 135 Å². The van der Waals surface area contributed by atoms with Crippen molar-refractivity contribution in [3.8, 4) is 0 Å². The van der Waals surface area contributed by atoms with Crippen molar-refractivity contribution in [2.24, 2.45) is 11.7 Å². The highest BCUT2D eigenvalue weighted by molar-refractivity contribution is 7.89. The maximum Gasteiger partial charge on any atom is 0.293 e. The Hall–Kier alpha value is -1.71. The number of nitrogens with one attached hydrogen (secondary N) is 1. The number of nitrogens with zero attached hydrogens (tertiary/aromatic N) is 2. The van der Waals surface area contributed by atoms with Gasteiger partial charge in [-0.3, -0.25) is 10.1 Å². The highest BCUT2D eigenvalue weighted by atomic mass is 32.2. The van der Waals surface area contributed by atoms with E-state index < -0.39 is 14.9 Å². The monoisotopic (exact) mass is 342 g/mol. The molecule has 0 radical (unpaired) electrons. The van der Waals surface area contributed by atoms with Gasteiger partial charge in [0.15, 0.2) is 0 Å². The number of nitrogens with two attached hydrogens (primary N) is 1. The summed E-state index contributed by atoms with van der Waals surface area (Å²) < 4.78 is 25.8. The third-order valence-electron chi connectivity index (χ3n) is 4.35. The normalized spacial score (nSPS) is 18.0. The molecule has 1 aromatic rings. The summed E-state index contributed by atoms with van der Waals surface area (Å²) >= 11 is 0. The number of hydrogen-bond acceptors (Lipinski definition) is 6. The molecule has 1 unspecified atom stereocenters. The van der Waals surface area contributed by atoms with Crippen LogP contribution in [0.25, 0.3) is 0 Å². The molecule has 1 fully saturated rings. The van der Waals surface area contributed by atoms with E-state index >= 15 is 0 Å². The van der Waals surface area contributed by atoms with Crippen LogP contribution >= 0.6 is 0 Å². The number of nitro benzene ring substituents is 1. The lowest BCUT2D eigenvalue weighted by atomic mass is 9.90. The standard InChI is InChI=1S/C14H22N4O4S/c1-10(15)11-5-7-17(8-6-11)13-4-3-12(23(21,22)16-2)9-14(13)18(19)20/h3-4,9-11,16H,5-8,15H2,1-2H3. The van der Waals surface area contributed by atoms with Gasteiger partial charge in [-0.2, -0.15) is 0 Å². The second-order valence-corrected chi connectivity index (χ2v) is 7.69. The molecule has 0 saturated carbocycles. The van der Waals surface area contributed by atoms with Crippen molar-refractivity contribution in [1.29, 1.82) is 0 Å². The molecule has 9 heteroatoms. The van der Waals surface area contributed by atoms with Gasteiger partial charge < -0.3 is 10.6 Å². The van der Waals surface area contributed by atoms with Gasteiger partial charge in [0.1, 0.15) is 5.69 Å². The van der Waals surface area contributed by atoms with Gasteiger partial charge in [0.25, 0.3) is 5.69 Å². The third-order valence-corrected chi connectivity index (χ3v) is 5.76. The summed E-state index contributed by atoms with van der Waals surface area (Å²) in [5.41, 5.74) is 6.17. The van der Waals surface area contributed by atoms with Crippen LogP contribution in [0.5, 0.6) is 0 Å². The van der Waals surface area contributed by atoms with E-state index in [2.05, 4.69) is 4.72 Å². The Morgan fingerprint density at radius 2 is 2.00 bits per heavy atom. The van der Waals surface area contributed by atoms with E-state index in [1.807, 2.05) is 11.8 Å². The van der Waals surface area contributed by atoms with Crippen LogP contribution in [0.15, 0.2) is 23.1 Å². The molecule has 1 heterocycles. The van der Waals surface area contributed by atoms with Crippen LogP contribution in [0.4, 0.5) is 11.4 Å². The first kappa shape index (κ1) is 17.6. The van der Waals surface area contributed by atoms with E-state index in [-0.39, 0.29) is 16.6 Å². The van der Waals surface area contributed by atoms with Gasteiger partial charge >= 0.3 is 0 Å². The summed E-state index contributed by atoms with van der Waals surface area (Å²) in [5, 5.41) is 11.3. The first-order chi connectivity index (χ1) is 10.8. The Balaban J connectivity index is 2.31. The molecule has 23 heavy (non-hydrogen) atoms. The molecule has 1 aromatic carbocycles. The van der Waals surface area contributed by atoms with E-state index in [1.165, 1.54) is 19.2 Å². The van der Waals surface area contributed by atoms with Crippen LogP contribution in [0, 0.1) is 16.0 Å². The number of rotatable bonds is 5. The minimum atomic E-state index is -3.71. The smallest absolute Gasteiger partial charge is 0.293 e. The molecule has 1 atom stereocenters. The Bertz CT molecular complexity index is 682. The summed E-state index contributed by atoms with van der Waals surface area (Å²) in [6.07, 6.45) is 1.73. The van der Waals surface area contributed by atoms with Crippen LogP contribution in [-0.4, -0.2) is 39.5 Å². The van der Waals surface area contributed by atoms with Crippen molar-refractivity contribution >= 4 is 21.4 Å². The van der Waals surface area contributed by atoms with E-state index in [0.717, 1.165) is 18.9 Å². The lowest BCUT2D eigenvalue weighted by molar-refractivity contribution is -0.384. The van der Waals surface area contributed by atoms with Crippen molar-refractivity contribution in [3.63, 3.8) is 0 Å². The lowest BCUT2D eigenvalue weighted by Crippen LogP contribution is -2.40. The van der Waals surface area contributed by atoms with Crippen molar-refractivity contribution in [3.05, 3.63) is 28.3 Å². The second-order valence-electron chi connectivity index (χ2n) is 5.80. The van der Waals surface area contributed by atoms with Gasteiger partial charge in [0.2, 0.25) is 10.0 Å². The minimum Gasteiger partial charge on any atom is -0.366 e. The summed E-state index contributed by atoms with van der Waals surface area (Å²) in [6, 6.07) is 4.12. The Morgan fingerprint density at radius 1 is 1.39 bits per heavy atom. The molecule has 1 aliphatic rings. The zero-order valence-electron chi connectivity index (χ0n) is 13.2. The van der Waals surface area contributed by atoms with Crippen LogP contribution in [-0.2, 0) is 10.0 Å². The van der Waals surface area contributed by atoms with Gasteiger partial charge in [-0.25, -0.2) is 13.1 Å². The molecular weight excluding hydrogens is 320 g/mol. The minimum absolute atomic E-state index is 0.107. The van der Waals surface area contributed by atoms with Crippen LogP contribution < -0.4 is 15.4 Å². The number of anilines is 1. The van der Waals surface area contributed by atoms with Crippen molar-refractivity contribution in [2.75, 3.05) is 25.0 Å². The van der Waals surface area contributed by atoms with Crippen molar-refractivity contribution < 1.29 is 13.3 Å². The largest absolute Gasteiger partial charge is 0.366 e. The van der Waals surface area contributed by atoms with Crippen LogP contribution in [0.3, 0.4) is 0 Å². The second kappa shape index (κ2) is 6.81. The summed E-state index contributed by atoms with van der Waals surface area (Å²) in [6.45, 7) is 3.32. The molecular formula is C14H22N4O4S. The fourth-order valence-corrected chi connectivity index (χ4v) is 3.62. The van der Waals surface area contributed by atoms with Gasteiger partial charge in [-0.1, -0.05) is 0 Å². The van der Waals surface area contributed by atoms with Gasteiger partial charge in [0, 0.05) is 25.2 Å². The Morgan fingerprint density at radius 3 is 2.48 bits per heavy atom. The topological polar surface area (TPSA) is 119 Å². The quantitative estimate of drug-likeness (QED) is 0.610. The zero-order valence-corrected chi connectivity index (χ0v) is 14.0. The van der Waals surface area contributed by atoms with Crippen molar-refractivity contribution in [2.45, 2.75) is 30.7 Å². The van der Waals surface area contributed by atoms with Gasteiger partial charge in [0.05, 0.1) is 9.82 Å². The molecule has 0 aromatic heterocycles. The molecule has 0 aliphatic carbocycles. The maximum absolute atomic E-state index is 11.8. The number of hydrogen-bond donors (Lipinski definition) is 2. The molecule has 1 saturated heterocycles. The lowest BCUT2D eigenvalue weighted by Gasteiger charge is -2.34. The molecule has 1 aliphatic heterocycles. The molecule has 0 amide bonds. The fourth-order valence-electron chi connectivity index (χ4n) is 2.87. The average Bonchev–Trinajstić information content (AvgIpc) is 2.54. The highest BCUT2D eigenvalue weighted by Gasteiger charge is 2.27. The number of benzene rings is 1. The summed E-state index contributed by atoms with van der Waals surface area (Å²) in [5.74, 6) is 0.411. The zero-order chi connectivity index (χ0) is 17.2. The molecule has 3 N–H and O–H groups in total. The predicted molar refractivity (Wildman–Crippen MR) is 87.9 cm³/mol. The highest BCUT2D eigenvalue weighted by Crippen LogP contribution is 2.33.